The van der Waals surface area contributed by atoms with Gasteiger partial charge in [0.1, 0.15) is 36.0 Å². The molecular formula is C23H20O6. The Morgan fingerprint density at radius 1 is 0.690 bits per heavy atom. The van der Waals surface area contributed by atoms with Gasteiger partial charge in [-0.05, 0) is 48.5 Å². The Bertz CT molecular complexity index is 951. The fraction of sp³-hybridized carbons (Fsp3) is 0.130. The van der Waals surface area contributed by atoms with Crippen molar-refractivity contribution < 1.29 is 28.5 Å². The van der Waals surface area contributed by atoms with Crippen molar-refractivity contribution in [2.75, 3.05) is 20.3 Å². The fourth-order valence-electron chi connectivity index (χ4n) is 2.53. The first-order valence-electron chi connectivity index (χ1n) is 8.97. The predicted octanol–water partition coefficient (Wildman–Crippen LogP) is 4.15. The molecule has 0 heterocycles. The van der Waals surface area contributed by atoms with Gasteiger partial charge < -0.3 is 18.9 Å². The van der Waals surface area contributed by atoms with Crippen LogP contribution >= 0.6 is 0 Å². The third-order valence-corrected chi connectivity index (χ3v) is 3.95. The summed E-state index contributed by atoms with van der Waals surface area (Å²) in [6, 6.07) is 22.3. The Hall–Kier alpha value is -3.80. The number of carbonyl (C=O) groups is 2. The summed E-state index contributed by atoms with van der Waals surface area (Å²) in [6.07, 6.45) is 0. The van der Waals surface area contributed by atoms with Crippen LogP contribution in [0.2, 0.25) is 0 Å². The van der Waals surface area contributed by atoms with Crippen LogP contribution in [-0.2, 0) is 4.74 Å². The van der Waals surface area contributed by atoms with Crippen LogP contribution in [0.15, 0.2) is 78.9 Å². The van der Waals surface area contributed by atoms with E-state index in [2.05, 4.69) is 4.74 Å². The first-order valence-corrected chi connectivity index (χ1v) is 8.97. The van der Waals surface area contributed by atoms with E-state index in [4.69, 9.17) is 14.2 Å². The van der Waals surface area contributed by atoms with Crippen molar-refractivity contribution in [1.29, 1.82) is 0 Å². The second-order valence-corrected chi connectivity index (χ2v) is 5.91. The van der Waals surface area contributed by atoms with Gasteiger partial charge in [0.2, 0.25) is 0 Å². The predicted molar refractivity (Wildman–Crippen MR) is 107 cm³/mol. The molecule has 0 bridgehead atoms. The molecule has 0 aliphatic carbocycles. The zero-order valence-corrected chi connectivity index (χ0v) is 15.9. The summed E-state index contributed by atoms with van der Waals surface area (Å²) < 4.78 is 21.3. The zero-order chi connectivity index (χ0) is 20.5. The van der Waals surface area contributed by atoms with Gasteiger partial charge in [-0.3, -0.25) is 0 Å². The maximum atomic E-state index is 12.5. The number of hydrogen-bond acceptors (Lipinski definition) is 6. The van der Waals surface area contributed by atoms with E-state index in [9.17, 15) is 9.59 Å². The molecule has 0 fully saturated rings. The summed E-state index contributed by atoms with van der Waals surface area (Å²) in [5.74, 6) is 0.444. The molecule has 3 aromatic carbocycles. The monoisotopic (exact) mass is 392 g/mol. The lowest BCUT2D eigenvalue weighted by Gasteiger charge is -2.12. The molecule has 0 aromatic heterocycles. The van der Waals surface area contributed by atoms with E-state index in [-0.39, 0.29) is 6.61 Å². The fourth-order valence-corrected chi connectivity index (χ4v) is 2.53. The molecule has 0 amide bonds. The van der Waals surface area contributed by atoms with Crippen LogP contribution in [0.1, 0.15) is 20.7 Å². The van der Waals surface area contributed by atoms with Gasteiger partial charge in [0, 0.05) is 0 Å². The SMILES string of the molecule is COC(=O)c1ccc(OC(=O)c2ccccc2OCCOc2ccccc2)cc1. The van der Waals surface area contributed by atoms with Gasteiger partial charge in [-0.1, -0.05) is 30.3 Å². The summed E-state index contributed by atoms with van der Waals surface area (Å²) in [5.41, 5.74) is 0.665. The van der Waals surface area contributed by atoms with E-state index in [0.29, 0.717) is 29.2 Å². The Morgan fingerprint density at radius 2 is 1.34 bits per heavy atom. The van der Waals surface area contributed by atoms with Gasteiger partial charge in [0.05, 0.1) is 12.7 Å². The number of para-hydroxylation sites is 2. The van der Waals surface area contributed by atoms with Gasteiger partial charge in [-0.15, -0.1) is 0 Å². The van der Waals surface area contributed by atoms with Crippen molar-refractivity contribution >= 4 is 11.9 Å². The van der Waals surface area contributed by atoms with Crippen molar-refractivity contribution in [2.45, 2.75) is 0 Å². The summed E-state index contributed by atoms with van der Waals surface area (Å²) in [7, 11) is 1.30. The standard InChI is InChI=1S/C23H20O6/c1-26-22(24)17-11-13-19(14-12-17)29-23(25)20-9-5-6-10-21(20)28-16-15-27-18-7-3-2-4-8-18/h2-14H,15-16H2,1H3. The Kier molecular flexibility index (Phi) is 6.84. The van der Waals surface area contributed by atoms with E-state index in [0.717, 1.165) is 5.75 Å². The number of esters is 2. The normalized spacial score (nSPS) is 10.1. The number of methoxy groups -OCH3 is 1. The summed E-state index contributed by atoms with van der Waals surface area (Å²) in [5, 5.41) is 0. The Labute approximate surface area is 168 Å². The van der Waals surface area contributed by atoms with Crippen LogP contribution in [0, 0.1) is 0 Å². The zero-order valence-electron chi connectivity index (χ0n) is 15.9. The van der Waals surface area contributed by atoms with E-state index >= 15 is 0 Å². The summed E-state index contributed by atoms with van der Waals surface area (Å²) in [4.78, 5) is 24.0. The molecule has 0 saturated heterocycles. The molecule has 3 aromatic rings. The molecule has 0 saturated carbocycles. The van der Waals surface area contributed by atoms with Gasteiger partial charge >= 0.3 is 11.9 Å². The van der Waals surface area contributed by atoms with Gasteiger partial charge in [-0.2, -0.15) is 0 Å². The van der Waals surface area contributed by atoms with Crippen molar-refractivity contribution in [3.05, 3.63) is 90.0 Å². The first-order chi connectivity index (χ1) is 14.2. The topological polar surface area (TPSA) is 71.1 Å². The number of hydrogen-bond donors (Lipinski definition) is 0. The van der Waals surface area contributed by atoms with Gasteiger partial charge in [-0.25, -0.2) is 9.59 Å². The highest BCUT2D eigenvalue weighted by Crippen LogP contribution is 2.21. The molecule has 0 N–H and O–H groups in total. The summed E-state index contributed by atoms with van der Waals surface area (Å²) >= 11 is 0. The van der Waals surface area contributed by atoms with Crippen LogP contribution in [0.4, 0.5) is 0 Å². The van der Waals surface area contributed by atoms with Crippen molar-refractivity contribution in [3.8, 4) is 17.2 Å². The quantitative estimate of drug-likeness (QED) is 0.326. The van der Waals surface area contributed by atoms with Crippen molar-refractivity contribution in [1.82, 2.24) is 0 Å². The molecule has 0 atom stereocenters. The van der Waals surface area contributed by atoms with Crippen LogP contribution in [0.25, 0.3) is 0 Å². The molecule has 0 unspecified atom stereocenters. The minimum Gasteiger partial charge on any atom is -0.490 e. The van der Waals surface area contributed by atoms with Crippen LogP contribution in [0.3, 0.4) is 0 Å². The largest absolute Gasteiger partial charge is 0.490 e. The molecule has 0 aliphatic heterocycles. The number of ether oxygens (including phenoxy) is 4. The van der Waals surface area contributed by atoms with Crippen molar-refractivity contribution in [3.63, 3.8) is 0 Å². The van der Waals surface area contributed by atoms with Gasteiger partial charge in [0.15, 0.2) is 0 Å². The smallest absolute Gasteiger partial charge is 0.347 e. The third kappa shape index (κ3) is 5.59. The average molecular weight is 392 g/mol. The molecule has 0 aliphatic rings. The van der Waals surface area contributed by atoms with E-state index in [1.165, 1.54) is 31.4 Å². The highest BCUT2D eigenvalue weighted by atomic mass is 16.5. The van der Waals surface area contributed by atoms with Crippen molar-refractivity contribution in [2.24, 2.45) is 0 Å². The molecular weight excluding hydrogens is 372 g/mol. The minimum absolute atomic E-state index is 0.271. The molecule has 6 nitrogen and oxygen atoms in total. The Morgan fingerprint density at radius 3 is 2.07 bits per heavy atom. The highest BCUT2D eigenvalue weighted by molar-refractivity contribution is 5.94. The number of rotatable bonds is 8. The molecule has 148 valence electrons. The van der Waals surface area contributed by atoms with Crippen LogP contribution in [0.5, 0.6) is 17.2 Å². The lowest BCUT2D eigenvalue weighted by atomic mass is 10.2. The van der Waals surface area contributed by atoms with E-state index in [1.807, 2.05) is 30.3 Å². The third-order valence-electron chi connectivity index (χ3n) is 3.95. The van der Waals surface area contributed by atoms with Gasteiger partial charge in [0.25, 0.3) is 0 Å². The second-order valence-electron chi connectivity index (χ2n) is 5.91. The molecule has 0 radical (unpaired) electrons. The lowest BCUT2D eigenvalue weighted by molar-refractivity contribution is 0.0600. The van der Waals surface area contributed by atoms with E-state index in [1.54, 1.807) is 24.3 Å². The maximum Gasteiger partial charge on any atom is 0.347 e. The van der Waals surface area contributed by atoms with Crippen LogP contribution in [-0.4, -0.2) is 32.3 Å². The molecule has 3 rings (SSSR count). The lowest BCUT2D eigenvalue weighted by Crippen LogP contribution is -2.14. The molecule has 29 heavy (non-hydrogen) atoms. The average Bonchev–Trinajstić information content (AvgIpc) is 2.77. The van der Waals surface area contributed by atoms with Crippen LogP contribution < -0.4 is 14.2 Å². The highest BCUT2D eigenvalue weighted by Gasteiger charge is 2.15. The molecule has 0 spiro atoms. The Balaban J connectivity index is 1.58. The number of benzene rings is 3. The first kappa shape index (κ1) is 19.9. The van der Waals surface area contributed by atoms with E-state index < -0.39 is 11.9 Å². The maximum absolute atomic E-state index is 12.5. The summed E-state index contributed by atoms with van der Waals surface area (Å²) in [6.45, 7) is 0.607. The number of carbonyl (C=O) groups excluding carboxylic acids is 2. The molecule has 6 heteroatoms. The second kappa shape index (κ2) is 9.94. The minimum atomic E-state index is -0.560.